The van der Waals surface area contributed by atoms with E-state index in [-0.39, 0.29) is 0 Å². The Kier molecular flexibility index (Phi) is 3.81. The lowest BCUT2D eigenvalue weighted by atomic mass is 10.1. The summed E-state index contributed by atoms with van der Waals surface area (Å²) in [6.45, 7) is 1.88. The largest absolute Gasteiger partial charge is 0.383 e. The van der Waals surface area contributed by atoms with Crippen molar-refractivity contribution >= 4 is 17.6 Å². The van der Waals surface area contributed by atoms with Gasteiger partial charge >= 0.3 is 0 Å². The average Bonchev–Trinajstić information content (AvgIpc) is 2.33. The van der Waals surface area contributed by atoms with Crippen molar-refractivity contribution in [1.82, 2.24) is 4.98 Å². The number of anilines is 1. The fourth-order valence-corrected chi connectivity index (χ4v) is 2.07. The molecule has 2 aromatic rings. The molecule has 18 heavy (non-hydrogen) atoms. The number of nitrogen functional groups attached to an aromatic ring is 1. The molecule has 0 fully saturated rings. The lowest BCUT2D eigenvalue weighted by Crippen LogP contribution is -1.93. The molecule has 0 saturated heterocycles. The maximum absolute atomic E-state index is 12.2. The van der Waals surface area contributed by atoms with Crippen LogP contribution in [-0.2, 0) is 0 Å². The normalized spacial score (nSPS) is 10.9. The number of alkyl halides is 2. The van der Waals surface area contributed by atoms with E-state index < -0.39 is 5.76 Å². The first kappa shape index (κ1) is 12.8. The summed E-state index contributed by atoms with van der Waals surface area (Å²) < 4.78 is 24.4. The van der Waals surface area contributed by atoms with Gasteiger partial charge in [-0.25, -0.2) is 4.98 Å². The average molecular weight is 266 g/mol. The van der Waals surface area contributed by atoms with Crippen LogP contribution in [0.1, 0.15) is 5.56 Å². The maximum atomic E-state index is 12.2. The van der Waals surface area contributed by atoms with Crippen LogP contribution in [0.5, 0.6) is 0 Å². The van der Waals surface area contributed by atoms with Crippen molar-refractivity contribution in [2.45, 2.75) is 17.6 Å². The molecular weight excluding hydrogens is 254 g/mol. The minimum absolute atomic E-state index is 0.503. The molecule has 0 aliphatic rings. The summed E-state index contributed by atoms with van der Waals surface area (Å²) in [6, 6.07) is 8.89. The van der Waals surface area contributed by atoms with Crippen LogP contribution in [0, 0.1) is 6.92 Å². The molecular formula is C13H12F2N2S. The number of thioether (sulfide) groups is 1. The van der Waals surface area contributed by atoms with E-state index in [0.717, 1.165) is 16.7 Å². The molecule has 1 aromatic carbocycles. The lowest BCUT2D eigenvalue weighted by Gasteiger charge is -2.06. The van der Waals surface area contributed by atoms with E-state index in [2.05, 4.69) is 4.98 Å². The van der Waals surface area contributed by atoms with Crippen molar-refractivity contribution in [3.05, 3.63) is 42.1 Å². The van der Waals surface area contributed by atoms with Crippen LogP contribution in [0.4, 0.5) is 14.6 Å². The summed E-state index contributed by atoms with van der Waals surface area (Å²) in [4.78, 5) is 4.63. The van der Waals surface area contributed by atoms with Crippen molar-refractivity contribution in [2.24, 2.45) is 0 Å². The molecule has 0 radical (unpaired) electrons. The van der Waals surface area contributed by atoms with E-state index in [1.165, 1.54) is 0 Å². The summed E-state index contributed by atoms with van der Waals surface area (Å²) in [5, 5.41) is 0. The zero-order chi connectivity index (χ0) is 13.1. The molecule has 0 spiro atoms. The van der Waals surface area contributed by atoms with Gasteiger partial charge in [-0.05, 0) is 36.2 Å². The van der Waals surface area contributed by atoms with Gasteiger partial charge in [-0.3, -0.25) is 0 Å². The topological polar surface area (TPSA) is 38.9 Å². The van der Waals surface area contributed by atoms with E-state index in [9.17, 15) is 8.78 Å². The molecule has 1 heterocycles. The number of aryl methyl sites for hydroxylation is 1. The highest BCUT2D eigenvalue weighted by Crippen LogP contribution is 2.28. The first-order valence-corrected chi connectivity index (χ1v) is 6.21. The van der Waals surface area contributed by atoms with Crippen LogP contribution < -0.4 is 5.73 Å². The van der Waals surface area contributed by atoms with Gasteiger partial charge in [0, 0.05) is 16.7 Å². The standard InChI is InChI=1S/C13H12F2N2S/c1-8-6-10(7-17-12(8)16)9-2-4-11(5-3-9)18-13(14)15/h2-7,13H,1H3,(H2,16,17). The van der Waals surface area contributed by atoms with Gasteiger partial charge in [0.25, 0.3) is 5.76 Å². The van der Waals surface area contributed by atoms with Crippen molar-refractivity contribution in [2.75, 3.05) is 5.73 Å². The number of nitrogens with zero attached hydrogens (tertiary/aromatic N) is 1. The summed E-state index contributed by atoms with van der Waals surface area (Å²) in [6.07, 6.45) is 1.68. The number of nitrogens with two attached hydrogens (primary N) is 1. The van der Waals surface area contributed by atoms with Crippen molar-refractivity contribution in [3.63, 3.8) is 0 Å². The SMILES string of the molecule is Cc1cc(-c2ccc(SC(F)F)cc2)cnc1N. The van der Waals surface area contributed by atoms with Gasteiger partial charge in [-0.15, -0.1) is 0 Å². The Morgan fingerprint density at radius 2 is 1.83 bits per heavy atom. The van der Waals surface area contributed by atoms with E-state index in [0.29, 0.717) is 22.5 Å². The minimum Gasteiger partial charge on any atom is -0.383 e. The van der Waals surface area contributed by atoms with E-state index >= 15 is 0 Å². The van der Waals surface area contributed by atoms with Gasteiger partial charge in [0.2, 0.25) is 0 Å². The highest BCUT2D eigenvalue weighted by molar-refractivity contribution is 7.99. The first-order chi connectivity index (χ1) is 8.56. The first-order valence-electron chi connectivity index (χ1n) is 5.33. The fraction of sp³-hybridized carbons (Fsp3) is 0.154. The molecule has 0 aliphatic carbocycles. The van der Waals surface area contributed by atoms with Gasteiger partial charge in [-0.2, -0.15) is 8.78 Å². The smallest absolute Gasteiger partial charge is 0.288 e. The van der Waals surface area contributed by atoms with Gasteiger partial charge < -0.3 is 5.73 Å². The van der Waals surface area contributed by atoms with Gasteiger partial charge in [0.15, 0.2) is 0 Å². The molecule has 2 nitrogen and oxygen atoms in total. The number of rotatable bonds is 3. The van der Waals surface area contributed by atoms with Gasteiger partial charge in [-0.1, -0.05) is 23.9 Å². The van der Waals surface area contributed by atoms with E-state index in [4.69, 9.17) is 5.73 Å². The Morgan fingerprint density at radius 3 is 2.39 bits per heavy atom. The number of benzene rings is 1. The monoisotopic (exact) mass is 266 g/mol. The molecule has 0 saturated carbocycles. The van der Waals surface area contributed by atoms with Gasteiger partial charge in [0.05, 0.1) is 0 Å². The molecule has 0 unspecified atom stereocenters. The quantitative estimate of drug-likeness (QED) is 0.855. The Balaban J connectivity index is 2.25. The van der Waals surface area contributed by atoms with Crippen LogP contribution in [0.3, 0.4) is 0 Å². The number of halogens is 2. The zero-order valence-electron chi connectivity index (χ0n) is 9.73. The maximum Gasteiger partial charge on any atom is 0.288 e. The van der Waals surface area contributed by atoms with Crippen molar-refractivity contribution in [3.8, 4) is 11.1 Å². The summed E-state index contributed by atoms with van der Waals surface area (Å²) >= 11 is 0.539. The summed E-state index contributed by atoms with van der Waals surface area (Å²) in [5.74, 6) is -1.89. The zero-order valence-corrected chi connectivity index (χ0v) is 10.5. The third-order valence-corrected chi connectivity index (χ3v) is 3.25. The van der Waals surface area contributed by atoms with Crippen LogP contribution in [0.2, 0.25) is 0 Å². The third-order valence-electron chi connectivity index (χ3n) is 2.53. The van der Waals surface area contributed by atoms with Crippen molar-refractivity contribution < 1.29 is 8.78 Å². The minimum atomic E-state index is -2.39. The number of hydrogen-bond acceptors (Lipinski definition) is 3. The predicted molar refractivity (Wildman–Crippen MR) is 70.7 cm³/mol. The van der Waals surface area contributed by atoms with Crippen LogP contribution in [-0.4, -0.2) is 10.7 Å². The van der Waals surface area contributed by atoms with Crippen LogP contribution >= 0.6 is 11.8 Å². The second-order valence-corrected chi connectivity index (χ2v) is 4.89. The molecule has 2 N–H and O–H groups in total. The Hall–Kier alpha value is -1.62. The van der Waals surface area contributed by atoms with E-state index in [1.54, 1.807) is 30.5 Å². The molecule has 5 heteroatoms. The summed E-state index contributed by atoms with van der Waals surface area (Å²) in [5.41, 5.74) is 8.41. The number of hydrogen-bond donors (Lipinski definition) is 1. The van der Waals surface area contributed by atoms with Crippen molar-refractivity contribution in [1.29, 1.82) is 0 Å². The van der Waals surface area contributed by atoms with E-state index in [1.807, 2.05) is 13.0 Å². The lowest BCUT2D eigenvalue weighted by molar-refractivity contribution is 0.252. The third kappa shape index (κ3) is 2.98. The highest BCUT2D eigenvalue weighted by atomic mass is 32.2. The second-order valence-electron chi connectivity index (χ2n) is 3.83. The van der Waals surface area contributed by atoms with Crippen LogP contribution in [0.15, 0.2) is 41.4 Å². The number of aromatic nitrogens is 1. The molecule has 0 aliphatic heterocycles. The summed E-state index contributed by atoms with van der Waals surface area (Å²) in [7, 11) is 0. The Bertz CT molecular complexity index is 541. The molecule has 0 amide bonds. The molecule has 0 atom stereocenters. The molecule has 94 valence electrons. The van der Waals surface area contributed by atoms with Gasteiger partial charge in [0.1, 0.15) is 5.82 Å². The predicted octanol–water partition coefficient (Wildman–Crippen LogP) is 3.95. The Morgan fingerprint density at radius 1 is 1.17 bits per heavy atom. The fourth-order valence-electron chi connectivity index (χ4n) is 1.57. The Labute approximate surface area is 108 Å². The highest BCUT2D eigenvalue weighted by Gasteiger charge is 2.06. The molecule has 2 rings (SSSR count). The number of pyridine rings is 1. The molecule has 0 bridgehead atoms. The van der Waals surface area contributed by atoms with Crippen LogP contribution in [0.25, 0.3) is 11.1 Å². The molecule has 1 aromatic heterocycles. The second kappa shape index (κ2) is 5.35.